The fourth-order valence-electron chi connectivity index (χ4n) is 0.863. The molecular weight excluding hydrogens is 288 g/mol. The largest absolute Gasteiger partial charge is 0.249 e. The lowest BCUT2D eigenvalue weighted by molar-refractivity contribution is 0.616. The highest BCUT2D eigenvalue weighted by Crippen LogP contribution is 2.18. The van der Waals surface area contributed by atoms with Crippen molar-refractivity contribution in [3.8, 4) is 0 Å². The van der Waals surface area contributed by atoms with Crippen molar-refractivity contribution in [1.29, 1.82) is 0 Å². The quantitative estimate of drug-likeness (QED) is 0.872. The highest BCUT2D eigenvalue weighted by Gasteiger charge is 2.21. The summed E-state index contributed by atoms with van der Waals surface area (Å²) in [6.07, 6.45) is 1.40. The van der Waals surface area contributed by atoms with Crippen LogP contribution < -0.4 is 4.72 Å². The van der Waals surface area contributed by atoms with Crippen LogP contribution in [0.15, 0.2) is 22.9 Å². The average Bonchev–Trinajstić information content (AvgIpc) is 2.25. The second-order valence-electron chi connectivity index (χ2n) is 4.23. The average molecular weight is 309 g/mol. The van der Waals surface area contributed by atoms with E-state index in [9.17, 15) is 4.21 Å². The zero-order valence-corrected chi connectivity index (χ0v) is 11.8. The fourth-order valence-corrected chi connectivity index (χ4v) is 1.84. The summed E-state index contributed by atoms with van der Waals surface area (Å²) in [7, 11) is -1.69. The Kier molecular flexibility index (Phi) is 2.95. The molecule has 0 amide bonds. The number of aromatic nitrogens is 1. The molecule has 5 heteroatoms. The van der Waals surface area contributed by atoms with E-state index in [0.717, 1.165) is 0 Å². The van der Waals surface area contributed by atoms with Crippen molar-refractivity contribution in [2.75, 3.05) is 0 Å². The normalized spacial score (nSPS) is 22.2. The SMILES string of the molecule is [2H]C([2H])([2H])[C@@]([2H])(N[S@](=O)C(C)(C)C)c1ccnc(Br)c1. The molecule has 0 radical (unpaired) electrons. The molecule has 3 nitrogen and oxygen atoms in total. The third-order valence-electron chi connectivity index (χ3n) is 1.77. The number of halogens is 1. The van der Waals surface area contributed by atoms with Gasteiger partial charge in [-0.2, -0.15) is 0 Å². The summed E-state index contributed by atoms with van der Waals surface area (Å²) in [6.45, 7) is 2.43. The van der Waals surface area contributed by atoms with E-state index in [1.165, 1.54) is 18.3 Å². The van der Waals surface area contributed by atoms with Crippen LogP contribution in [0.5, 0.6) is 0 Å². The number of nitrogens with one attached hydrogen (secondary N) is 1. The van der Waals surface area contributed by atoms with Crippen LogP contribution in [0.4, 0.5) is 0 Å². The molecule has 0 saturated heterocycles. The van der Waals surface area contributed by atoms with Crippen molar-refractivity contribution >= 4 is 26.9 Å². The summed E-state index contributed by atoms with van der Waals surface area (Å²) in [5.41, 5.74) is 0.178. The van der Waals surface area contributed by atoms with Gasteiger partial charge in [0, 0.05) is 16.3 Å². The van der Waals surface area contributed by atoms with Gasteiger partial charge in [0.25, 0.3) is 0 Å². The third kappa shape index (κ3) is 3.96. The van der Waals surface area contributed by atoms with E-state index in [1.54, 1.807) is 20.8 Å². The second-order valence-corrected chi connectivity index (χ2v) is 7.00. The zero-order chi connectivity index (χ0) is 15.8. The molecule has 0 aliphatic rings. The van der Waals surface area contributed by atoms with E-state index in [2.05, 4.69) is 25.6 Å². The number of hydrogen-bond donors (Lipinski definition) is 1. The maximum atomic E-state index is 12.2. The predicted octanol–water partition coefficient (Wildman–Crippen LogP) is 2.96. The Hall–Kier alpha value is -0.260. The van der Waals surface area contributed by atoms with E-state index in [-0.39, 0.29) is 5.56 Å². The molecule has 1 rings (SSSR count). The monoisotopic (exact) mass is 308 g/mol. The maximum absolute atomic E-state index is 12.2. The van der Waals surface area contributed by atoms with Crippen LogP contribution in [0.25, 0.3) is 0 Å². The van der Waals surface area contributed by atoms with E-state index in [0.29, 0.717) is 4.60 Å². The van der Waals surface area contributed by atoms with Gasteiger partial charge in [0.2, 0.25) is 0 Å². The molecule has 0 aliphatic carbocycles. The van der Waals surface area contributed by atoms with Gasteiger partial charge in [-0.3, -0.25) is 0 Å². The van der Waals surface area contributed by atoms with Gasteiger partial charge in [-0.25, -0.2) is 13.9 Å². The molecule has 0 saturated carbocycles. The molecule has 1 heterocycles. The smallest absolute Gasteiger partial charge is 0.106 e. The first-order valence-electron chi connectivity index (χ1n) is 6.70. The van der Waals surface area contributed by atoms with Crippen LogP contribution in [-0.4, -0.2) is 13.9 Å². The number of pyridine rings is 1. The molecule has 2 atom stereocenters. The molecule has 90 valence electrons. The molecule has 1 N–H and O–H groups in total. The third-order valence-corrected chi connectivity index (χ3v) is 3.70. The van der Waals surface area contributed by atoms with Crippen molar-refractivity contribution in [1.82, 2.24) is 9.71 Å². The maximum Gasteiger partial charge on any atom is 0.106 e. The van der Waals surface area contributed by atoms with E-state index in [1.807, 2.05) is 0 Å². The summed E-state index contributed by atoms with van der Waals surface area (Å²) in [4.78, 5) is 3.91. The van der Waals surface area contributed by atoms with Gasteiger partial charge in [-0.15, -0.1) is 0 Å². The Morgan fingerprint density at radius 1 is 1.69 bits per heavy atom. The van der Waals surface area contributed by atoms with Crippen molar-refractivity contribution in [3.63, 3.8) is 0 Å². The lowest BCUT2D eigenvalue weighted by atomic mass is 10.1. The lowest BCUT2D eigenvalue weighted by Crippen LogP contribution is -2.34. The fraction of sp³-hybridized carbons (Fsp3) is 0.545. The molecule has 0 aliphatic heterocycles. The van der Waals surface area contributed by atoms with Crippen LogP contribution in [0, 0.1) is 0 Å². The van der Waals surface area contributed by atoms with Gasteiger partial charge in [-0.1, -0.05) is 0 Å². The minimum absolute atomic E-state index is 0.178. The molecular formula is C11H17BrN2OS. The minimum atomic E-state index is -2.69. The standard InChI is InChI=1S/C11H17BrN2OS/c1-8(14-16(15)11(2,3)4)9-5-6-13-10(12)7-9/h5-8,14H,1-4H3/t8-,16-/m1/s1/i1D3,8D. The molecule has 0 fully saturated rings. The van der Waals surface area contributed by atoms with Gasteiger partial charge < -0.3 is 0 Å². The van der Waals surface area contributed by atoms with Crippen molar-refractivity contribution in [2.24, 2.45) is 0 Å². The molecule has 0 spiro atoms. The summed E-state index contributed by atoms with van der Waals surface area (Å²) in [5.74, 6) is 0. The first kappa shape index (κ1) is 8.78. The number of nitrogens with zero attached hydrogens (tertiary/aromatic N) is 1. The van der Waals surface area contributed by atoms with Crippen molar-refractivity contribution in [2.45, 2.75) is 38.4 Å². The van der Waals surface area contributed by atoms with Crippen molar-refractivity contribution in [3.05, 3.63) is 28.5 Å². The van der Waals surface area contributed by atoms with Gasteiger partial charge in [0.05, 0.1) is 17.1 Å². The highest BCUT2D eigenvalue weighted by atomic mass is 79.9. The molecule has 1 aromatic rings. The van der Waals surface area contributed by atoms with Crippen molar-refractivity contribution < 1.29 is 9.69 Å². The molecule has 0 aromatic carbocycles. The summed E-state index contributed by atoms with van der Waals surface area (Å²) in [5, 5.41) is 0. The molecule has 1 aromatic heterocycles. The Morgan fingerprint density at radius 3 is 2.88 bits per heavy atom. The Balaban J connectivity index is 3.29. The van der Waals surface area contributed by atoms with E-state index in [4.69, 9.17) is 5.48 Å². The van der Waals surface area contributed by atoms with E-state index < -0.39 is 28.6 Å². The van der Waals surface area contributed by atoms with Gasteiger partial charge >= 0.3 is 0 Å². The molecule has 16 heavy (non-hydrogen) atoms. The van der Waals surface area contributed by atoms with Crippen LogP contribution in [0.3, 0.4) is 0 Å². The predicted molar refractivity (Wildman–Crippen MR) is 71.4 cm³/mol. The van der Waals surface area contributed by atoms with Crippen LogP contribution >= 0.6 is 15.9 Å². The molecule has 0 bridgehead atoms. The minimum Gasteiger partial charge on any atom is -0.249 e. The van der Waals surface area contributed by atoms with E-state index >= 15 is 0 Å². The topological polar surface area (TPSA) is 42.0 Å². The first-order valence-corrected chi connectivity index (χ1v) is 6.64. The van der Waals surface area contributed by atoms with Crippen LogP contribution in [0.2, 0.25) is 0 Å². The summed E-state index contributed by atoms with van der Waals surface area (Å²) in [6, 6.07) is 0.694. The summed E-state index contributed by atoms with van der Waals surface area (Å²) < 4.78 is 45.5. The van der Waals surface area contributed by atoms with Gasteiger partial charge in [0.1, 0.15) is 4.60 Å². The zero-order valence-electron chi connectivity index (χ0n) is 13.4. The first-order chi connectivity index (χ1) is 8.88. The lowest BCUT2D eigenvalue weighted by Gasteiger charge is -2.22. The summed E-state index contributed by atoms with van der Waals surface area (Å²) >= 11 is 3.15. The number of hydrogen-bond acceptors (Lipinski definition) is 2. The Bertz CT molecular complexity index is 518. The molecule has 0 unspecified atom stereocenters. The Labute approximate surface area is 113 Å². The second kappa shape index (κ2) is 5.38. The van der Waals surface area contributed by atoms with Crippen LogP contribution in [-0.2, 0) is 11.0 Å². The van der Waals surface area contributed by atoms with Gasteiger partial charge in [0.15, 0.2) is 0 Å². The highest BCUT2D eigenvalue weighted by molar-refractivity contribution is 9.10. The van der Waals surface area contributed by atoms with Gasteiger partial charge in [-0.05, 0) is 61.2 Å². The van der Waals surface area contributed by atoms with Crippen LogP contribution in [0.1, 0.15) is 44.7 Å². The Morgan fingerprint density at radius 2 is 2.38 bits per heavy atom. The number of rotatable bonds is 3.